The van der Waals surface area contributed by atoms with Crippen LogP contribution in [0, 0.1) is 10.1 Å². The Labute approximate surface area is 188 Å². The summed E-state index contributed by atoms with van der Waals surface area (Å²) in [5.41, 5.74) is 0.290. The molecule has 0 spiro atoms. The van der Waals surface area contributed by atoms with Crippen molar-refractivity contribution < 1.29 is 14.1 Å². The molecule has 0 atom stereocenters. The molecule has 2 heterocycles. The molecule has 10 heteroatoms. The maximum atomic E-state index is 12.7. The minimum atomic E-state index is -0.832. The lowest BCUT2D eigenvalue weighted by atomic mass is 10.1. The summed E-state index contributed by atoms with van der Waals surface area (Å²) < 4.78 is 5.15. The van der Waals surface area contributed by atoms with E-state index in [9.17, 15) is 19.7 Å². The number of anilines is 1. The van der Waals surface area contributed by atoms with E-state index >= 15 is 0 Å². The molecule has 32 heavy (non-hydrogen) atoms. The fraction of sp³-hybridized carbons (Fsp3) is 0.273. The lowest BCUT2D eigenvalue weighted by molar-refractivity contribution is -0.384. The molecule has 166 valence electrons. The third kappa shape index (κ3) is 4.80. The van der Waals surface area contributed by atoms with Crippen LogP contribution in [0.3, 0.4) is 0 Å². The van der Waals surface area contributed by atoms with E-state index in [0.717, 1.165) is 31.7 Å². The van der Waals surface area contributed by atoms with Crippen LogP contribution in [0.15, 0.2) is 51.7 Å². The minimum absolute atomic E-state index is 0.161. The molecule has 0 unspecified atom stereocenters. The number of likely N-dealkylation sites (N-methyl/N-ethyl adjacent to an activating group) is 1. The predicted octanol–water partition coefficient (Wildman–Crippen LogP) is 3.35. The fourth-order valence-corrected chi connectivity index (χ4v) is 3.82. The number of nitrogens with one attached hydrogen (secondary N) is 1. The number of non-ortho nitro benzene ring substituents is 1. The number of hydrogen-bond acceptors (Lipinski definition) is 7. The number of nitrogens with zero attached hydrogens (tertiary/aromatic N) is 3. The van der Waals surface area contributed by atoms with Gasteiger partial charge in [-0.1, -0.05) is 17.7 Å². The second kappa shape index (κ2) is 9.07. The van der Waals surface area contributed by atoms with Crippen LogP contribution in [0.2, 0.25) is 5.02 Å². The van der Waals surface area contributed by atoms with Gasteiger partial charge in [0.05, 0.1) is 4.92 Å². The van der Waals surface area contributed by atoms with E-state index in [1.165, 1.54) is 24.3 Å². The van der Waals surface area contributed by atoms with Crippen LogP contribution in [-0.2, 0) is 6.54 Å². The largest absolute Gasteiger partial charge is 0.422 e. The second-order valence-corrected chi connectivity index (χ2v) is 8.17. The average molecular weight is 457 g/mol. The monoisotopic (exact) mass is 456 g/mol. The maximum absolute atomic E-state index is 12.7. The van der Waals surface area contributed by atoms with Gasteiger partial charge in [-0.05, 0) is 36.9 Å². The number of piperazine rings is 1. The van der Waals surface area contributed by atoms with Crippen LogP contribution in [-0.4, -0.2) is 53.9 Å². The van der Waals surface area contributed by atoms with E-state index < -0.39 is 16.5 Å². The highest BCUT2D eigenvalue weighted by molar-refractivity contribution is 6.31. The number of amides is 1. The Bertz CT molecular complexity index is 1250. The molecular formula is C22H21ClN4O5. The molecule has 1 aliphatic rings. The van der Waals surface area contributed by atoms with Crippen molar-refractivity contribution in [2.45, 2.75) is 6.54 Å². The predicted molar refractivity (Wildman–Crippen MR) is 121 cm³/mol. The smallest absolute Gasteiger partial charge is 0.349 e. The Morgan fingerprint density at radius 2 is 1.91 bits per heavy atom. The molecule has 0 radical (unpaired) electrons. The average Bonchev–Trinajstić information content (AvgIpc) is 2.76. The van der Waals surface area contributed by atoms with Gasteiger partial charge >= 0.3 is 5.63 Å². The van der Waals surface area contributed by atoms with Gasteiger partial charge in [0.1, 0.15) is 11.1 Å². The van der Waals surface area contributed by atoms with E-state index in [1.807, 2.05) is 6.07 Å². The van der Waals surface area contributed by atoms with Crippen molar-refractivity contribution >= 4 is 39.9 Å². The van der Waals surface area contributed by atoms with Gasteiger partial charge in [-0.25, -0.2) is 4.79 Å². The van der Waals surface area contributed by atoms with Crippen molar-refractivity contribution in [2.24, 2.45) is 0 Å². The Morgan fingerprint density at radius 3 is 2.59 bits per heavy atom. The lowest BCUT2D eigenvalue weighted by Gasteiger charge is -2.32. The van der Waals surface area contributed by atoms with E-state index in [1.54, 1.807) is 12.1 Å². The molecule has 1 N–H and O–H groups in total. The number of benzene rings is 2. The fourth-order valence-electron chi connectivity index (χ4n) is 3.58. The van der Waals surface area contributed by atoms with E-state index in [0.29, 0.717) is 17.3 Å². The van der Waals surface area contributed by atoms with Crippen LogP contribution in [0.1, 0.15) is 15.9 Å². The van der Waals surface area contributed by atoms with Gasteiger partial charge in [0, 0.05) is 61.0 Å². The molecule has 1 aromatic heterocycles. The summed E-state index contributed by atoms with van der Waals surface area (Å²) in [6.45, 7) is 4.64. The zero-order valence-corrected chi connectivity index (χ0v) is 18.1. The van der Waals surface area contributed by atoms with Gasteiger partial charge in [-0.3, -0.25) is 19.8 Å². The van der Waals surface area contributed by atoms with E-state index in [4.69, 9.17) is 16.0 Å². The molecule has 0 aliphatic carbocycles. The van der Waals surface area contributed by atoms with Crippen molar-refractivity contribution in [3.63, 3.8) is 0 Å². The van der Waals surface area contributed by atoms with Gasteiger partial charge in [0.25, 0.3) is 11.6 Å². The molecule has 4 rings (SSSR count). The highest BCUT2D eigenvalue weighted by Crippen LogP contribution is 2.24. The number of carbonyl (C=O) groups is 1. The Balaban J connectivity index is 1.51. The number of nitro groups is 1. The van der Waals surface area contributed by atoms with E-state index in [-0.39, 0.29) is 22.2 Å². The van der Waals surface area contributed by atoms with E-state index in [2.05, 4.69) is 22.2 Å². The van der Waals surface area contributed by atoms with Crippen molar-refractivity contribution in [3.8, 4) is 0 Å². The molecule has 0 bridgehead atoms. The highest BCUT2D eigenvalue weighted by Gasteiger charge is 2.18. The first-order chi connectivity index (χ1) is 15.3. The van der Waals surface area contributed by atoms with Gasteiger partial charge in [-0.15, -0.1) is 0 Å². The Hall–Kier alpha value is -3.27. The number of carbonyl (C=O) groups excluding carboxylic acids is 1. The normalized spacial score (nSPS) is 15.1. The molecule has 1 saturated heterocycles. The van der Waals surface area contributed by atoms with Crippen molar-refractivity contribution in [1.82, 2.24) is 9.80 Å². The first-order valence-corrected chi connectivity index (χ1v) is 10.4. The standard InChI is InChI=1S/C22H21ClN4O5/c1-25-6-8-26(9-7-25)13-14-2-3-16(12-19(14)23)24-21(28)18-11-15-10-17(27(30)31)4-5-20(15)32-22(18)29/h2-5,10-12H,6-9,13H2,1H3,(H,24,28). The molecule has 9 nitrogen and oxygen atoms in total. The van der Waals surface area contributed by atoms with Crippen LogP contribution in [0.4, 0.5) is 11.4 Å². The molecule has 0 saturated carbocycles. The molecule has 1 aliphatic heterocycles. The number of nitro benzene ring substituents is 1. The summed E-state index contributed by atoms with van der Waals surface area (Å²) in [5.74, 6) is -0.685. The number of halogens is 1. The van der Waals surface area contributed by atoms with Gasteiger partial charge in [0.15, 0.2) is 0 Å². The summed E-state index contributed by atoms with van der Waals surface area (Å²) in [4.78, 5) is 40.0. The van der Waals surface area contributed by atoms with Crippen LogP contribution < -0.4 is 10.9 Å². The number of hydrogen-bond donors (Lipinski definition) is 1. The summed E-state index contributed by atoms with van der Waals surface area (Å²) >= 11 is 6.43. The zero-order valence-electron chi connectivity index (χ0n) is 17.3. The summed E-state index contributed by atoms with van der Waals surface area (Å²) in [6, 6.07) is 10.3. The summed E-state index contributed by atoms with van der Waals surface area (Å²) in [7, 11) is 2.10. The van der Waals surface area contributed by atoms with Crippen molar-refractivity contribution in [2.75, 3.05) is 38.5 Å². The summed E-state index contributed by atoms with van der Waals surface area (Å²) in [6.07, 6.45) is 0. The van der Waals surface area contributed by atoms with Crippen LogP contribution in [0.5, 0.6) is 0 Å². The van der Waals surface area contributed by atoms with Crippen LogP contribution in [0.25, 0.3) is 11.0 Å². The molecule has 1 fully saturated rings. The van der Waals surface area contributed by atoms with Gasteiger partial charge < -0.3 is 14.6 Å². The molecule has 2 aromatic carbocycles. The first kappa shape index (κ1) is 21.9. The SMILES string of the molecule is CN1CCN(Cc2ccc(NC(=O)c3cc4cc([N+](=O)[O-])ccc4oc3=O)cc2Cl)CC1. The third-order valence-electron chi connectivity index (χ3n) is 5.47. The zero-order chi connectivity index (χ0) is 22.8. The van der Waals surface area contributed by atoms with Gasteiger partial charge in [-0.2, -0.15) is 0 Å². The third-order valence-corrected chi connectivity index (χ3v) is 5.82. The lowest BCUT2D eigenvalue weighted by Crippen LogP contribution is -2.43. The molecular weight excluding hydrogens is 436 g/mol. The molecule has 1 amide bonds. The number of rotatable bonds is 5. The quantitative estimate of drug-likeness (QED) is 0.356. The molecule has 3 aromatic rings. The Kier molecular flexibility index (Phi) is 6.22. The van der Waals surface area contributed by atoms with Crippen molar-refractivity contribution in [1.29, 1.82) is 0 Å². The van der Waals surface area contributed by atoms with Crippen molar-refractivity contribution in [3.05, 3.63) is 79.1 Å². The Morgan fingerprint density at radius 1 is 1.16 bits per heavy atom. The topological polar surface area (TPSA) is 109 Å². The minimum Gasteiger partial charge on any atom is -0.422 e. The summed E-state index contributed by atoms with van der Waals surface area (Å²) in [5, 5.41) is 14.4. The number of fused-ring (bicyclic) bond motifs is 1. The van der Waals surface area contributed by atoms with Crippen LogP contribution >= 0.6 is 11.6 Å². The highest BCUT2D eigenvalue weighted by atomic mass is 35.5. The second-order valence-electron chi connectivity index (χ2n) is 7.77. The maximum Gasteiger partial charge on any atom is 0.349 e. The van der Waals surface area contributed by atoms with Gasteiger partial charge in [0.2, 0.25) is 0 Å². The first-order valence-electron chi connectivity index (χ1n) is 10.0.